The molecule has 3 rings (SSSR count). The van der Waals surface area contributed by atoms with E-state index in [2.05, 4.69) is 15.8 Å². The molecule has 0 aliphatic heterocycles. The topological polar surface area (TPSA) is 70.6 Å². The number of rotatable bonds is 5. The van der Waals surface area contributed by atoms with E-state index in [1.165, 1.54) is 12.1 Å². The van der Waals surface area contributed by atoms with E-state index in [0.717, 1.165) is 5.56 Å². The number of hydrogen-bond acceptors (Lipinski definition) is 3. The maximum atomic E-state index is 12.3. The Balaban J connectivity index is 1.64. The molecule has 0 saturated heterocycles. The molecule has 0 aliphatic carbocycles. The number of carbonyl (C=O) groups excluding carboxylic acids is 2. The van der Waals surface area contributed by atoms with Crippen molar-refractivity contribution < 1.29 is 9.59 Å². The third-order valence-electron chi connectivity index (χ3n) is 4.17. The molecule has 3 aromatic carbocycles. The highest BCUT2D eigenvalue weighted by Gasteiger charge is 2.10. The maximum absolute atomic E-state index is 12.3. The molecular weight excluding hydrogens is 445 g/mol. The molecule has 0 atom stereocenters. The second kappa shape index (κ2) is 9.76. The first-order valence-electron chi connectivity index (χ1n) is 8.80. The van der Waals surface area contributed by atoms with Crippen LogP contribution in [0.1, 0.15) is 33.2 Å². The molecule has 3 aromatic rings. The predicted octanol–water partition coefficient (Wildman–Crippen LogP) is 6.05. The fourth-order valence-corrected chi connectivity index (χ4v) is 3.15. The first kappa shape index (κ1) is 21.8. The van der Waals surface area contributed by atoms with E-state index < -0.39 is 5.91 Å². The van der Waals surface area contributed by atoms with Crippen molar-refractivity contribution in [1.82, 2.24) is 5.43 Å². The van der Waals surface area contributed by atoms with Gasteiger partial charge in [0.15, 0.2) is 0 Å². The molecule has 2 amide bonds. The van der Waals surface area contributed by atoms with Gasteiger partial charge in [-0.15, -0.1) is 0 Å². The Morgan fingerprint density at radius 2 is 1.37 bits per heavy atom. The molecule has 0 aromatic heterocycles. The molecule has 5 nitrogen and oxygen atoms in total. The second-order valence-electron chi connectivity index (χ2n) is 6.30. The molecule has 152 valence electrons. The zero-order chi connectivity index (χ0) is 21.7. The molecule has 0 heterocycles. The van der Waals surface area contributed by atoms with Gasteiger partial charge in [-0.05, 0) is 67.1 Å². The van der Waals surface area contributed by atoms with Crippen molar-refractivity contribution in [3.8, 4) is 0 Å². The average molecular weight is 461 g/mol. The van der Waals surface area contributed by atoms with Gasteiger partial charge in [0, 0.05) is 21.3 Å². The highest BCUT2D eigenvalue weighted by atomic mass is 35.5. The number of nitrogens with zero attached hydrogens (tertiary/aromatic N) is 1. The van der Waals surface area contributed by atoms with Gasteiger partial charge in [0.05, 0.1) is 16.3 Å². The summed E-state index contributed by atoms with van der Waals surface area (Å²) in [5.74, 6) is -0.681. The smallest absolute Gasteiger partial charge is 0.272 e. The third kappa shape index (κ3) is 5.60. The minimum Gasteiger partial charge on any atom is -0.322 e. The van der Waals surface area contributed by atoms with E-state index in [-0.39, 0.29) is 16.5 Å². The Bertz CT molecular complexity index is 1110. The molecule has 0 spiro atoms. The first-order chi connectivity index (χ1) is 14.3. The highest BCUT2D eigenvalue weighted by Crippen LogP contribution is 2.21. The van der Waals surface area contributed by atoms with Gasteiger partial charge >= 0.3 is 0 Å². The summed E-state index contributed by atoms with van der Waals surface area (Å²) < 4.78 is 0. The quantitative estimate of drug-likeness (QED) is 0.359. The summed E-state index contributed by atoms with van der Waals surface area (Å²) in [5, 5.41) is 8.17. The van der Waals surface area contributed by atoms with E-state index in [1.807, 2.05) is 0 Å². The molecule has 0 saturated carbocycles. The lowest BCUT2D eigenvalue weighted by atomic mass is 10.1. The lowest BCUT2D eigenvalue weighted by Crippen LogP contribution is -2.19. The number of amides is 2. The van der Waals surface area contributed by atoms with Gasteiger partial charge < -0.3 is 5.32 Å². The summed E-state index contributed by atoms with van der Waals surface area (Å²) in [5.41, 5.74) is 5.25. The molecule has 0 fully saturated rings. The van der Waals surface area contributed by atoms with Crippen LogP contribution in [0.2, 0.25) is 15.1 Å². The predicted molar refractivity (Wildman–Crippen MR) is 122 cm³/mol. The van der Waals surface area contributed by atoms with E-state index in [4.69, 9.17) is 34.8 Å². The molecule has 0 radical (unpaired) electrons. The molecule has 8 heteroatoms. The average Bonchev–Trinajstić information content (AvgIpc) is 2.72. The van der Waals surface area contributed by atoms with E-state index >= 15 is 0 Å². The van der Waals surface area contributed by atoms with Crippen LogP contribution in [0.4, 0.5) is 5.69 Å². The Labute approximate surface area is 188 Å². The Morgan fingerprint density at radius 1 is 0.767 bits per heavy atom. The summed E-state index contributed by atoms with van der Waals surface area (Å²) in [7, 11) is 0. The molecule has 2 N–H and O–H groups in total. The Hall–Kier alpha value is -2.86. The van der Waals surface area contributed by atoms with Gasteiger partial charge in [-0.2, -0.15) is 5.10 Å². The maximum Gasteiger partial charge on any atom is 0.272 e. The van der Waals surface area contributed by atoms with E-state index in [9.17, 15) is 9.59 Å². The van der Waals surface area contributed by atoms with Crippen LogP contribution in [-0.4, -0.2) is 17.5 Å². The van der Waals surface area contributed by atoms with E-state index in [1.54, 1.807) is 61.5 Å². The molecular formula is C22H16Cl3N3O2. The Kier molecular flexibility index (Phi) is 7.11. The molecule has 30 heavy (non-hydrogen) atoms. The summed E-state index contributed by atoms with van der Waals surface area (Å²) in [4.78, 5) is 24.5. The minimum absolute atomic E-state index is 0.239. The lowest BCUT2D eigenvalue weighted by molar-refractivity contribution is 0.0954. The largest absolute Gasteiger partial charge is 0.322 e. The van der Waals surface area contributed by atoms with Crippen LogP contribution in [0.25, 0.3) is 0 Å². The van der Waals surface area contributed by atoms with Gasteiger partial charge in [0.1, 0.15) is 0 Å². The van der Waals surface area contributed by atoms with Crippen molar-refractivity contribution >= 4 is 58.0 Å². The van der Waals surface area contributed by atoms with Gasteiger partial charge in [0.2, 0.25) is 0 Å². The molecule has 0 aliphatic rings. The minimum atomic E-state index is -0.442. The first-order valence-corrected chi connectivity index (χ1v) is 9.94. The second-order valence-corrected chi connectivity index (χ2v) is 7.58. The number of halogens is 3. The standard InChI is InChI=1S/C22H16Cl3N3O2/c1-13(27-28-22(30)19-11-8-17(24)12-20(19)25)14-4-9-18(10-5-14)26-21(29)15-2-6-16(23)7-3-15/h2-12H,1H3,(H,26,29)(H,28,30)/b27-13-. The van der Waals surface area contributed by atoms with Crippen molar-refractivity contribution in [2.24, 2.45) is 5.10 Å². The number of benzene rings is 3. The lowest BCUT2D eigenvalue weighted by Gasteiger charge is -2.08. The van der Waals surface area contributed by atoms with Crippen molar-refractivity contribution in [3.05, 3.63) is 98.5 Å². The number of carbonyl (C=O) groups is 2. The SMILES string of the molecule is C/C(=N/NC(=O)c1ccc(Cl)cc1Cl)c1ccc(NC(=O)c2ccc(Cl)cc2)cc1. The fourth-order valence-electron chi connectivity index (χ4n) is 2.53. The van der Waals surface area contributed by atoms with Crippen LogP contribution in [0, 0.1) is 0 Å². The fraction of sp³-hybridized carbons (Fsp3) is 0.0455. The zero-order valence-electron chi connectivity index (χ0n) is 15.7. The summed E-state index contributed by atoms with van der Waals surface area (Å²) in [6.07, 6.45) is 0. The molecule has 0 unspecified atom stereocenters. The van der Waals surface area contributed by atoms with Crippen molar-refractivity contribution in [1.29, 1.82) is 0 Å². The number of hydrazone groups is 1. The third-order valence-corrected chi connectivity index (χ3v) is 4.97. The van der Waals surface area contributed by atoms with Crippen LogP contribution in [0.3, 0.4) is 0 Å². The van der Waals surface area contributed by atoms with Crippen molar-refractivity contribution in [2.75, 3.05) is 5.32 Å². The summed E-state index contributed by atoms with van der Waals surface area (Å²) in [6.45, 7) is 1.76. The zero-order valence-corrected chi connectivity index (χ0v) is 18.0. The van der Waals surface area contributed by atoms with Gasteiger partial charge in [-0.3, -0.25) is 9.59 Å². The normalized spacial score (nSPS) is 11.1. The van der Waals surface area contributed by atoms with Crippen LogP contribution in [0.15, 0.2) is 71.8 Å². The van der Waals surface area contributed by atoms with Gasteiger partial charge in [-0.25, -0.2) is 5.43 Å². The summed E-state index contributed by atoms with van der Waals surface area (Å²) >= 11 is 17.7. The van der Waals surface area contributed by atoms with Gasteiger partial charge in [-0.1, -0.05) is 46.9 Å². The van der Waals surface area contributed by atoms with Crippen LogP contribution >= 0.6 is 34.8 Å². The summed E-state index contributed by atoms with van der Waals surface area (Å²) in [6, 6.07) is 18.3. The number of nitrogens with one attached hydrogen (secondary N) is 2. The van der Waals surface area contributed by atoms with Crippen LogP contribution < -0.4 is 10.7 Å². The number of anilines is 1. The van der Waals surface area contributed by atoms with Crippen molar-refractivity contribution in [2.45, 2.75) is 6.92 Å². The van der Waals surface area contributed by atoms with Crippen LogP contribution in [-0.2, 0) is 0 Å². The number of hydrogen-bond donors (Lipinski definition) is 2. The van der Waals surface area contributed by atoms with E-state index in [0.29, 0.717) is 27.0 Å². The highest BCUT2D eigenvalue weighted by molar-refractivity contribution is 6.36. The molecule has 0 bridgehead atoms. The van der Waals surface area contributed by atoms with Crippen LogP contribution in [0.5, 0.6) is 0 Å². The monoisotopic (exact) mass is 459 g/mol. The Morgan fingerprint density at radius 3 is 2.00 bits per heavy atom. The van der Waals surface area contributed by atoms with Crippen molar-refractivity contribution in [3.63, 3.8) is 0 Å². The van der Waals surface area contributed by atoms with Gasteiger partial charge in [0.25, 0.3) is 11.8 Å².